The molecule has 7 heteroatoms. The summed E-state index contributed by atoms with van der Waals surface area (Å²) in [6, 6.07) is 10.4. The maximum atomic E-state index is 13.7. The standard InChI is InChI=1S/C19H19F2NO3S/c20-14-3-6-18(17(21)9-14)26-16-7-8-22(10-16)19(24)12-25-15-4-1-13(11-23)2-5-15/h1-6,9,16,23H,7-8,10-12H2. The van der Waals surface area contributed by atoms with Crippen molar-refractivity contribution in [2.45, 2.75) is 23.2 Å². The van der Waals surface area contributed by atoms with Crippen molar-refractivity contribution in [2.24, 2.45) is 0 Å². The number of carbonyl (C=O) groups is 1. The fourth-order valence-electron chi connectivity index (χ4n) is 2.73. The summed E-state index contributed by atoms with van der Waals surface area (Å²) < 4.78 is 32.2. The lowest BCUT2D eigenvalue weighted by Crippen LogP contribution is -2.33. The molecule has 1 saturated heterocycles. The molecule has 1 N–H and O–H groups in total. The summed E-state index contributed by atoms with van der Waals surface area (Å²) in [5.74, 6) is -0.735. The van der Waals surface area contributed by atoms with Crippen molar-refractivity contribution in [1.82, 2.24) is 4.90 Å². The molecule has 0 aromatic heterocycles. The molecule has 0 bridgehead atoms. The van der Waals surface area contributed by atoms with Crippen LogP contribution in [-0.2, 0) is 11.4 Å². The van der Waals surface area contributed by atoms with Crippen LogP contribution in [0.15, 0.2) is 47.4 Å². The van der Waals surface area contributed by atoms with E-state index in [1.165, 1.54) is 23.9 Å². The van der Waals surface area contributed by atoms with Crippen LogP contribution < -0.4 is 4.74 Å². The first-order valence-electron chi connectivity index (χ1n) is 8.27. The minimum atomic E-state index is -0.598. The highest BCUT2D eigenvalue weighted by Crippen LogP contribution is 2.31. The van der Waals surface area contributed by atoms with Crippen LogP contribution in [-0.4, -0.2) is 40.9 Å². The van der Waals surface area contributed by atoms with Crippen molar-refractivity contribution in [3.8, 4) is 5.75 Å². The van der Waals surface area contributed by atoms with Crippen molar-refractivity contribution in [3.63, 3.8) is 0 Å². The summed E-state index contributed by atoms with van der Waals surface area (Å²) in [6.45, 7) is 0.987. The van der Waals surface area contributed by atoms with Gasteiger partial charge in [0.15, 0.2) is 6.61 Å². The van der Waals surface area contributed by atoms with E-state index >= 15 is 0 Å². The molecule has 1 amide bonds. The number of rotatable bonds is 6. The third-order valence-electron chi connectivity index (χ3n) is 4.15. The summed E-state index contributed by atoms with van der Waals surface area (Å²) in [5, 5.41) is 9.08. The van der Waals surface area contributed by atoms with E-state index in [0.717, 1.165) is 18.1 Å². The van der Waals surface area contributed by atoms with E-state index in [1.807, 2.05) is 0 Å². The Morgan fingerprint density at radius 2 is 2.00 bits per heavy atom. The molecular weight excluding hydrogens is 360 g/mol. The topological polar surface area (TPSA) is 49.8 Å². The number of carbonyl (C=O) groups excluding carboxylic acids is 1. The lowest BCUT2D eigenvalue weighted by Gasteiger charge is -2.17. The van der Waals surface area contributed by atoms with Crippen LogP contribution in [0.3, 0.4) is 0 Å². The minimum absolute atomic E-state index is 0.0410. The third kappa shape index (κ3) is 4.74. The first-order chi connectivity index (χ1) is 12.5. The van der Waals surface area contributed by atoms with Gasteiger partial charge in [0.2, 0.25) is 0 Å². The second kappa shape index (κ2) is 8.51. The zero-order valence-electron chi connectivity index (χ0n) is 14.0. The molecule has 1 heterocycles. The van der Waals surface area contributed by atoms with Gasteiger partial charge in [0.1, 0.15) is 17.4 Å². The molecule has 1 fully saturated rings. The fourth-order valence-corrected chi connectivity index (χ4v) is 3.88. The molecule has 2 aromatic rings. The van der Waals surface area contributed by atoms with Crippen LogP contribution in [0.25, 0.3) is 0 Å². The Bertz CT molecular complexity index is 770. The van der Waals surface area contributed by atoms with Gasteiger partial charge in [-0.15, -0.1) is 11.8 Å². The first-order valence-corrected chi connectivity index (χ1v) is 9.15. The van der Waals surface area contributed by atoms with Crippen molar-refractivity contribution >= 4 is 17.7 Å². The lowest BCUT2D eigenvalue weighted by molar-refractivity contribution is -0.132. The van der Waals surface area contributed by atoms with E-state index in [9.17, 15) is 13.6 Å². The normalized spacial score (nSPS) is 16.7. The van der Waals surface area contributed by atoms with Gasteiger partial charge in [0, 0.05) is 29.3 Å². The van der Waals surface area contributed by atoms with Crippen molar-refractivity contribution < 1.29 is 23.4 Å². The van der Waals surface area contributed by atoms with Gasteiger partial charge in [-0.25, -0.2) is 8.78 Å². The Morgan fingerprint density at radius 1 is 1.23 bits per heavy atom. The van der Waals surface area contributed by atoms with Gasteiger partial charge in [0.05, 0.1) is 6.61 Å². The summed E-state index contributed by atoms with van der Waals surface area (Å²) in [6.07, 6.45) is 0.748. The second-order valence-electron chi connectivity index (χ2n) is 6.03. The fraction of sp³-hybridized carbons (Fsp3) is 0.316. The van der Waals surface area contributed by atoms with Gasteiger partial charge < -0.3 is 14.7 Å². The number of nitrogens with zero attached hydrogens (tertiary/aromatic N) is 1. The molecule has 26 heavy (non-hydrogen) atoms. The number of thioether (sulfide) groups is 1. The molecule has 3 rings (SSSR count). The van der Waals surface area contributed by atoms with Gasteiger partial charge >= 0.3 is 0 Å². The summed E-state index contributed by atoms with van der Waals surface area (Å²) in [4.78, 5) is 14.4. The van der Waals surface area contributed by atoms with Crippen molar-refractivity contribution in [1.29, 1.82) is 0 Å². The quantitative estimate of drug-likeness (QED) is 0.837. The number of hydrogen-bond donors (Lipinski definition) is 1. The van der Waals surface area contributed by atoms with E-state index in [1.54, 1.807) is 29.2 Å². The van der Waals surface area contributed by atoms with Gasteiger partial charge in [-0.3, -0.25) is 4.79 Å². The maximum absolute atomic E-state index is 13.7. The van der Waals surface area contributed by atoms with Crippen LogP contribution in [0.1, 0.15) is 12.0 Å². The summed E-state index contributed by atoms with van der Waals surface area (Å²) in [5.41, 5.74) is 0.774. The van der Waals surface area contributed by atoms with Crippen molar-refractivity contribution in [2.75, 3.05) is 19.7 Å². The SMILES string of the molecule is O=C(COc1ccc(CO)cc1)N1CCC(Sc2ccc(F)cc2F)C1. The number of likely N-dealkylation sites (tertiary alicyclic amines) is 1. The summed E-state index contributed by atoms with van der Waals surface area (Å²) >= 11 is 1.33. The van der Waals surface area contributed by atoms with Crippen LogP contribution in [0.4, 0.5) is 8.78 Å². The molecule has 1 unspecified atom stereocenters. The van der Waals surface area contributed by atoms with Crippen molar-refractivity contribution in [3.05, 3.63) is 59.7 Å². The van der Waals surface area contributed by atoms with E-state index < -0.39 is 11.6 Å². The van der Waals surface area contributed by atoms with E-state index in [4.69, 9.17) is 9.84 Å². The molecule has 0 saturated carbocycles. The first kappa shape index (κ1) is 18.7. The molecule has 0 radical (unpaired) electrons. The second-order valence-corrected chi connectivity index (χ2v) is 7.38. The molecule has 0 spiro atoms. The van der Waals surface area contributed by atoms with E-state index in [-0.39, 0.29) is 24.4 Å². The summed E-state index contributed by atoms with van der Waals surface area (Å²) in [7, 11) is 0. The molecule has 2 aromatic carbocycles. The smallest absolute Gasteiger partial charge is 0.260 e. The Morgan fingerprint density at radius 3 is 2.69 bits per heavy atom. The molecule has 138 valence electrons. The number of hydrogen-bond acceptors (Lipinski definition) is 4. The molecule has 4 nitrogen and oxygen atoms in total. The highest BCUT2D eigenvalue weighted by Gasteiger charge is 2.27. The Balaban J connectivity index is 1.48. The predicted octanol–water partition coefficient (Wildman–Crippen LogP) is 3.23. The van der Waals surface area contributed by atoms with E-state index in [0.29, 0.717) is 23.7 Å². The number of aliphatic hydroxyl groups excluding tert-OH is 1. The average Bonchev–Trinajstić information content (AvgIpc) is 3.11. The zero-order chi connectivity index (χ0) is 18.5. The molecular formula is C19H19F2NO3S. The molecule has 1 aliphatic heterocycles. The predicted molar refractivity (Wildman–Crippen MR) is 95.1 cm³/mol. The number of amides is 1. The number of halogens is 2. The van der Waals surface area contributed by atoms with Gasteiger partial charge in [-0.1, -0.05) is 12.1 Å². The minimum Gasteiger partial charge on any atom is -0.484 e. The third-order valence-corrected chi connectivity index (χ3v) is 5.46. The molecule has 1 aliphatic rings. The molecule has 1 atom stereocenters. The van der Waals surface area contributed by atoms with Gasteiger partial charge in [0.25, 0.3) is 5.91 Å². The monoisotopic (exact) mass is 379 g/mol. The Kier molecular flexibility index (Phi) is 6.11. The van der Waals surface area contributed by atoms with Gasteiger partial charge in [-0.05, 0) is 36.2 Å². The van der Waals surface area contributed by atoms with Gasteiger partial charge in [-0.2, -0.15) is 0 Å². The Hall–Kier alpha value is -2.12. The average molecular weight is 379 g/mol. The van der Waals surface area contributed by atoms with Crippen LogP contribution in [0, 0.1) is 11.6 Å². The number of benzene rings is 2. The number of aliphatic hydroxyl groups is 1. The highest BCUT2D eigenvalue weighted by molar-refractivity contribution is 8.00. The highest BCUT2D eigenvalue weighted by atomic mass is 32.2. The van der Waals surface area contributed by atoms with Crippen LogP contribution >= 0.6 is 11.8 Å². The largest absolute Gasteiger partial charge is 0.484 e. The maximum Gasteiger partial charge on any atom is 0.260 e. The van der Waals surface area contributed by atoms with Crippen LogP contribution in [0.5, 0.6) is 5.75 Å². The Labute approximate surface area is 154 Å². The zero-order valence-corrected chi connectivity index (χ0v) is 14.8. The number of ether oxygens (including phenoxy) is 1. The molecule has 0 aliphatic carbocycles. The van der Waals surface area contributed by atoms with E-state index in [2.05, 4.69) is 0 Å². The van der Waals surface area contributed by atoms with Crippen LogP contribution in [0.2, 0.25) is 0 Å². The lowest BCUT2D eigenvalue weighted by atomic mass is 10.2.